The molecule has 3 heteroatoms. The van der Waals surface area contributed by atoms with Crippen molar-refractivity contribution in [2.45, 2.75) is 13.1 Å². The van der Waals surface area contributed by atoms with Gasteiger partial charge in [-0.3, -0.25) is 0 Å². The molecule has 2 heterocycles. The molecule has 0 amide bonds. The highest BCUT2D eigenvalue weighted by Crippen LogP contribution is 2.38. The van der Waals surface area contributed by atoms with E-state index in [0.717, 1.165) is 11.4 Å². The predicted octanol–water partition coefficient (Wildman–Crippen LogP) is 3.83. The van der Waals surface area contributed by atoms with Crippen molar-refractivity contribution in [1.82, 2.24) is 9.78 Å². The van der Waals surface area contributed by atoms with Crippen LogP contribution >= 0.6 is 0 Å². The summed E-state index contributed by atoms with van der Waals surface area (Å²) >= 11 is 0. The Labute approximate surface area is 117 Å². The Balaban J connectivity index is 1.93. The summed E-state index contributed by atoms with van der Waals surface area (Å²) in [6.07, 6.45) is 0.0507. The largest absolute Gasteiger partial charge is 0.359 e. The van der Waals surface area contributed by atoms with Crippen LogP contribution in [0.5, 0.6) is 0 Å². The number of hydrogen-bond acceptors (Lipinski definition) is 2. The van der Waals surface area contributed by atoms with Gasteiger partial charge in [0.05, 0.1) is 11.4 Å². The zero-order valence-electron chi connectivity index (χ0n) is 11.2. The number of fused-ring (bicyclic) bond motifs is 3. The Hall–Kier alpha value is -2.55. The van der Waals surface area contributed by atoms with Gasteiger partial charge in [-0.05, 0) is 24.6 Å². The fourth-order valence-corrected chi connectivity index (χ4v) is 2.82. The van der Waals surface area contributed by atoms with Crippen LogP contribution in [-0.2, 0) is 0 Å². The molecule has 0 bridgehead atoms. The lowest BCUT2D eigenvalue weighted by molar-refractivity contribution is 0.571. The molecule has 4 rings (SSSR count). The van der Waals surface area contributed by atoms with Crippen molar-refractivity contribution in [3.63, 3.8) is 0 Å². The summed E-state index contributed by atoms with van der Waals surface area (Å²) in [5, 5.41) is 8.25. The first-order chi connectivity index (χ1) is 9.83. The Morgan fingerprint density at radius 2 is 1.75 bits per heavy atom. The summed E-state index contributed by atoms with van der Waals surface area (Å²) < 4.78 is 2.08. The zero-order valence-corrected chi connectivity index (χ0v) is 11.2. The maximum atomic E-state index is 4.66. The lowest BCUT2D eigenvalue weighted by Crippen LogP contribution is -2.25. The highest BCUT2D eigenvalue weighted by molar-refractivity contribution is 5.78. The number of anilines is 1. The minimum absolute atomic E-state index is 0.0507. The van der Waals surface area contributed by atoms with Crippen LogP contribution in [0, 0.1) is 6.92 Å². The third-order valence-electron chi connectivity index (χ3n) is 3.71. The standard InChI is InChI=1S/C17H15N3/c1-12-11-16-14-9-5-6-10-15(14)18-17(20(16)19-12)13-7-3-2-4-8-13/h2-11,17-18H,1H3. The summed E-state index contributed by atoms with van der Waals surface area (Å²) in [5.74, 6) is 0. The molecule has 1 aromatic heterocycles. The Morgan fingerprint density at radius 1 is 1.00 bits per heavy atom. The average Bonchev–Trinajstić information content (AvgIpc) is 2.89. The fraction of sp³-hybridized carbons (Fsp3) is 0.118. The van der Waals surface area contributed by atoms with Crippen LogP contribution in [0.25, 0.3) is 11.3 Å². The Kier molecular flexibility index (Phi) is 2.39. The van der Waals surface area contributed by atoms with Crippen LogP contribution in [0.1, 0.15) is 17.4 Å². The van der Waals surface area contributed by atoms with Gasteiger partial charge in [0.15, 0.2) is 0 Å². The molecule has 98 valence electrons. The van der Waals surface area contributed by atoms with Gasteiger partial charge in [0.2, 0.25) is 0 Å². The summed E-state index contributed by atoms with van der Waals surface area (Å²) in [6.45, 7) is 2.04. The Bertz CT molecular complexity index is 759. The zero-order chi connectivity index (χ0) is 13.5. The van der Waals surface area contributed by atoms with Gasteiger partial charge in [0.1, 0.15) is 6.17 Å². The molecular weight excluding hydrogens is 246 g/mol. The first-order valence-corrected chi connectivity index (χ1v) is 6.80. The van der Waals surface area contributed by atoms with E-state index in [1.165, 1.54) is 16.8 Å². The van der Waals surface area contributed by atoms with Gasteiger partial charge in [-0.1, -0.05) is 48.5 Å². The minimum Gasteiger partial charge on any atom is -0.359 e. The number of para-hydroxylation sites is 1. The van der Waals surface area contributed by atoms with Crippen molar-refractivity contribution in [1.29, 1.82) is 0 Å². The van der Waals surface area contributed by atoms with Gasteiger partial charge in [0, 0.05) is 11.3 Å². The summed E-state index contributed by atoms with van der Waals surface area (Å²) in [7, 11) is 0. The molecule has 0 aliphatic carbocycles. The monoisotopic (exact) mass is 261 g/mol. The van der Waals surface area contributed by atoms with Gasteiger partial charge in [-0.2, -0.15) is 5.10 Å². The van der Waals surface area contributed by atoms with E-state index >= 15 is 0 Å². The fourth-order valence-electron chi connectivity index (χ4n) is 2.82. The summed E-state index contributed by atoms with van der Waals surface area (Å²) in [4.78, 5) is 0. The molecule has 0 saturated carbocycles. The summed E-state index contributed by atoms with van der Waals surface area (Å²) in [5.41, 5.74) is 5.80. The van der Waals surface area contributed by atoms with E-state index < -0.39 is 0 Å². The molecule has 3 nitrogen and oxygen atoms in total. The van der Waals surface area contributed by atoms with Gasteiger partial charge < -0.3 is 5.32 Å². The van der Waals surface area contributed by atoms with E-state index in [2.05, 4.69) is 69.7 Å². The number of nitrogens with zero attached hydrogens (tertiary/aromatic N) is 2. The number of aromatic nitrogens is 2. The molecule has 1 aliphatic heterocycles. The number of aryl methyl sites for hydroxylation is 1. The molecule has 0 spiro atoms. The van der Waals surface area contributed by atoms with Crippen molar-refractivity contribution in [3.05, 3.63) is 71.9 Å². The smallest absolute Gasteiger partial charge is 0.147 e. The topological polar surface area (TPSA) is 29.9 Å². The Morgan fingerprint density at radius 3 is 2.60 bits per heavy atom. The maximum absolute atomic E-state index is 4.66. The first kappa shape index (κ1) is 11.3. The van der Waals surface area contributed by atoms with Crippen molar-refractivity contribution in [2.75, 3.05) is 5.32 Å². The van der Waals surface area contributed by atoms with E-state index in [1.54, 1.807) is 0 Å². The van der Waals surface area contributed by atoms with Gasteiger partial charge in [-0.25, -0.2) is 4.68 Å². The van der Waals surface area contributed by atoms with E-state index in [0.29, 0.717) is 0 Å². The molecule has 1 aliphatic rings. The molecule has 2 aromatic carbocycles. The van der Waals surface area contributed by atoms with Crippen molar-refractivity contribution in [2.24, 2.45) is 0 Å². The molecule has 20 heavy (non-hydrogen) atoms. The number of benzene rings is 2. The lowest BCUT2D eigenvalue weighted by atomic mass is 10.0. The quantitative estimate of drug-likeness (QED) is 0.721. The molecule has 1 N–H and O–H groups in total. The van der Waals surface area contributed by atoms with Crippen LogP contribution in [0.15, 0.2) is 60.7 Å². The second-order valence-corrected chi connectivity index (χ2v) is 5.12. The SMILES string of the molecule is Cc1cc2n(n1)C(c1ccccc1)Nc1ccccc1-2. The second-order valence-electron chi connectivity index (χ2n) is 5.12. The van der Waals surface area contributed by atoms with Crippen LogP contribution in [0.2, 0.25) is 0 Å². The van der Waals surface area contributed by atoms with Crippen molar-refractivity contribution >= 4 is 5.69 Å². The van der Waals surface area contributed by atoms with Crippen molar-refractivity contribution in [3.8, 4) is 11.3 Å². The van der Waals surface area contributed by atoms with Crippen LogP contribution < -0.4 is 5.32 Å². The van der Waals surface area contributed by atoms with E-state index in [9.17, 15) is 0 Å². The van der Waals surface area contributed by atoms with Crippen LogP contribution in [0.3, 0.4) is 0 Å². The molecule has 0 saturated heterocycles. The second kappa shape index (κ2) is 4.23. The molecule has 0 fully saturated rings. The van der Waals surface area contributed by atoms with Crippen LogP contribution in [-0.4, -0.2) is 9.78 Å². The molecule has 0 radical (unpaired) electrons. The molecule has 3 aromatic rings. The molecular formula is C17H15N3. The number of rotatable bonds is 1. The van der Waals surface area contributed by atoms with Crippen molar-refractivity contribution < 1.29 is 0 Å². The third kappa shape index (κ3) is 1.63. The van der Waals surface area contributed by atoms with Gasteiger partial charge >= 0.3 is 0 Å². The molecule has 1 unspecified atom stereocenters. The van der Waals surface area contributed by atoms with E-state index in [4.69, 9.17) is 0 Å². The third-order valence-corrected chi connectivity index (χ3v) is 3.71. The predicted molar refractivity (Wildman–Crippen MR) is 80.6 cm³/mol. The van der Waals surface area contributed by atoms with Gasteiger partial charge in [-0.15, -0.1) is 0 Å². The first-order valence-electron chi connectivity index (χ1n) is 6.80. The van der Waals surface area contributed by atoms with E-state index in [-0.39, 0.29) is 6.17 Å². The maximum Gasteiger partial charge on any atom is 0.147 e. The molecule has 1 atom stereocenters. The lowest BCUT2D eigenvalue weighted by Gasteiger charge is -2.29. The normalized spacial score (nSPS) is 16.1. The van der Waals surface area contributed by atoms with E-state index in [1.807, 2.05) is 13.0 Å². The minimum atomic E-state index is 0.0507. The highest BCUT2D eigenvalue weighted by atomic mass is 15.4. The average molecular weight is 261 g/mol. The highest BCUT2D eigenvalue weighted by Gasteiger charge is 2.25. The summed E-state index contributed by atoms with van der Waals surface area (Å²) in [6, 6.07) is 21.0. The van der Waals surface area contributed by atoms with Gasteiger partial charge in [0.25, 0.3) is 0 Å². The number of nitrogens with one attached hydrogen (secondary N) is 1. The van der Waals surface area contributed by atoms with Crippen LogP contribution in [0.4, 0.5) is 5.69 Å². The number of hydrogen-bond donors (Lipinski definition) is 1.